The second kappa shape index (κ2) is 12.8. The van der Waals surface area contributed by atoms with Crippen molar-refractivity contribution in [3.8, 4) is 22.5 Å². The second-order valence-electron chi connectivity index (χ2n) is 13.4. The van der Waals surface area contributed by atoms with Crippen LogP contribution in [0.3, 0.4) is 0 Å². The molecule has 4 aromatic heterocycles. The third-order valence-electron chi connectivity index (χ3n) is 9.91. The van der Waals surface area contributed by atoms with Crippen LogP contribution in [0.15, 0.2) is 55.2 Å². The zero-order chi connectivity index (χ0) is 32.5. The highest BCUT2D eigenvalue weighted by atomic mass is 19.1. The number of fused-ring (bicyclic) bond motifs is 1. The topological polar surface area (TPSA) is 125 Å². The van der Waals surface area contributed by atoms with E-state index in [4.69, 9.17) is 0 Å². The number of quaternary nitrogens is 1. The smallest absolute Gasteiger partial charge is 0.251 e. The number of amides is 1. The van der Waals surface area contributed by atoms with Crippen molar-refractivity contribution in [2.75, 3.05) is 51.6 Å². The van der Waals surface area contributed by atoms with Crippen LogP contribution in [0.4, 0.5) is 15.9 Å². The maximum Gasteiger partial charge on any atom is 0.251 e. The molecule has 0 bridgehead atoms. The van der Waals surface area contributed by atoms with Crippen LogP contribution in [0, 0.1) is 24.6 Å². The van der Waals surface area contributed by atoms with E-state index < -0.39 is 5.82 Å². The molecule has 2 saturated heterocycles. The standard InChI is InChI=1S/C35H41FN10O/c1-4-25-13-27(5-6-28(25)35(47)41-17-23-7-11-46(3,12-8-23)21-24-15-37-16-24)43-33-34-40-20-31(45(34)10-9-38-33)26-14-30(36)32(39-18-26)29-19-42-44-22(29)2/h5-6,9-10,13-14,18-20,23-24,37H,4,7-8,11-12,15-17,21H2,1-3H3,(H2-,38,39,41,42,43,44,47)/p+1. The summed E-state index contributed by atoms with van der Waals surface area (Å²) in [7, 11) is 2.39. The van der Waals surface area contributed by atoms with E-state index in [9.17, 15) is 4.79 Å². The maximum absolute atomic E-state index is 15.1. The number of rotatable bonds is 10. The van der Waals surface area contributed by atoms with E-state index in [2.05, 4.69) is 55.1 Å². The Bertz CT molecular complexity index is 1900. The lowest BCUT2D eigenvalue weighted by atomic mass is 9.92. The summed E-state index contributed by atoms with van der Waals surface area (Å²) in [5, 5.41) is 16.8. The number of aryl methyl sites for hydroxylation is 2. The molecule has 0 saturated carbocycles. The van der Waals surface area contributed by atoms with Gasteiger partial charge in [-0.15, -0.1) is 0 Å². The molecule has 0 atom stereocenters. The van der Waals surface area contributed by atoms with Crippen molar-refractivity contribution in [2.45, 2.75) is 33.1 Å². The first-order chi connectivity index (χ1) is 22.8. The zero-order valence-electron chi connectivity index (χ0n) is 27.2. The summed E-state index contributed by atoms with van der Waals surface area (Å²) in [4.78, 5) is 26.8. The number of H-pyrrole nitrogens is 1. The van der Waals surface area contributed by atoms with E-state index >= 15 is 4.39 Å². The van der Waals surface area contributed by atoms with Crippen LogP contribution in [0.2, 0.25) is 0 Å². The molecule has 7 rings (SSSR count). The van der Waals surface area contributed by atoms with E-state index in [0.717, 1.165) is 53.3 Å². The van der Waals surface area contributed by atoms with E-state index in [-0.39, 0.29) is 11.6 Å². The number of anilines is 2. The Kier molecular flexibility index (Phi) is 8.46. The molecule has 6 heterocycles. The van der Waals surface area contributed by atoms with Gasteiger partial charge in [-0.1, -0.05) is 6.92 Å². The molecule has 1 aromatic carbocycles. The summed E-state index contributed by atoms with van der Waals surface area (Å²) in [6, 6.07) is 7.24. The van der Waals surface area contributed by atoms with Crippen molar-refractivity contribution in [1.29, 1.82) is 0 Å². The maximum atomic E-state index is 15.1. The summed E-state index contributed by atoms with van der Waals surface area (Å²) in [6.07, 6.45) is 11.4. The molecule has 2 aliphatic rings. The molecular formula is C35H42FN10O+. The molecule has 47 heavy (non-hydrogen) atoms. The third kappa shape index (κ3) is 6.35. The molecule has 0 unspecified atom stereocenters. The van der Waals surface area contributed by atoms with Gasteiger partial charge in [-0.3, -0.25) is 19.3 Å². The van der Waals surface area contributed by atoms with E-state index in [1.165, 1.54) is 25.7 Å². The van der Waals surface area contributed by atoms with Gasteiger partial charge in [0.05, 0.1) is 44.8 Å². The fourth-order valence-electron chi connectivity index (χ4n) is 6.97. The number of hydrogen-bond donors (Lipinski definition) is 4. The number of halogens is 1. The Morgan fingerprint density at radius 2 is 1.91 bits per heavy atom. The highest BCUT2D eigenvalue weighted by Crippen LogP contribution is 2.30. The molecule has 0 spiro atoms. The number of piperidine rings is 1. The highest BCUT2D eigenvalue weighted by Gasteiger charge is 2.34. The van der Waals surface area contributed by atoms with Crippen LogP contribution in [0.5, 0.6) is 0 Å². The number of carbonyl (C=O) groups is 1. The Morgan fingerprint density at radius 3 is 2.62 bits per heavy atom. The lowest BCUT2D eigenvalue weighted by molar-refractivity contribution is -0.918. The SMILES string of the molecule is CCc1cc(Nc2nccn3c(-c4cnc(-c5cn[nH]c5C)c(F)c4)cnc23)ccc1C(=O)NCC1CC[N+](C)(CC2CNC2)CC1. The highest BCUT2D eigenvalue weighted by molar-refractivity contribution is 5.96. The molecule has 0 aliphatic carbocycles. The van der Waals surface area contributed by atoms with E-state index in [1.807, 2.05) is 29.5 Å². The average molecular weight is 638 g/mol. The van der Waals surface area contributed by atoms with Gasteiger partial charge < -0.3 is 20.4 Å². The Morgan fingerprint density at radius 1 is 1.09 bits per heavy atom. The van der Waals surface area contributed by atoms with Crippen molar-refractivity contribution in [1.82, 2.24) is 40.2 Å². The number of aromatic amines is 1. The number of nitrogens with one attached hydrogen (secondary N) is 4. The molecule has 5 aromatic rings. The van der Waals surface area contributed by atoms with Gasteiger partial charge in [0.25, 0.3) is 5.91 Å². The summed E-state index contributed by atoms with van der Waals surface area (Å²) in [5.41, 5.74) is 5.95. The van der Waals surface area contributed by atoms with Crippen LogP contribution >= 0.6 is 0 Å². The van der Waals surface area contributed by atoms with Crippen molar-refractivity contribution >= 4 is 23.1 Å². The van der Waals surface area contributed by atoms with Crippen molar-refractivity contribution in [3.05, 3.63) is 77.9 Å². The van der Waals surface area contributed by atoms with Crippen LogP contribution in [-0.4, -0.2) is 86.3 Å². The van der Waals surface area contributed by atoms with Gasteiger partial charge in [-0.2, -0.15) is 5.10 Å². The molecule has 4 N–H and O–H groups in total. The van der Waals surface area contributed by atoms with E-state index in [0.29, 0.717) is 52.7 Å². The largest absolute Gasteiger partial charge is 0.352 e. The van der Waals surface area contributed by atoms with Gasteiger partial charge in [0, 0.05) is 85.1 Å². The summed E-state index contributed by atoms with van der Waals surface area (Å²) >= 11 is 0. The first-order valence-electron chi connectivity index (χ1n) is 16.5. The molecule has 12 heteroatoms. The van der Waals surface area contributed by atoms with Crippen molar-refractivity contribution in [3.63, 3.8) is 0 Å². The molecular weight excluding hydrogens is 595 g/mol. The number of likely N-dealkylation sites (tertiary alicyclic amines) is 1. The number of nitrogens with zero attached hydrogens (tertiary/aromatic N) is 6. The minimum absolute atomic E-state index is 0.0234. The molecule has 11 nitrogen and oxygen atoms in total. The Hall–Kier alpha value is -4.68. The quantitative estimate of drug-likeness (QED) is 0.163. The predicted octanol–water partition coefficient (Wildman–Crippen LogP) is 4.74. The predicted molar refractivity (Wildman–Crippen MR) is 180 cm³/mol. The lowest BCUT2D eigenvalue weighted by Crippen LogP contribution is -2.58. The fraction of sp³-hybridized carbons (Fsp3) is 0.400. The number of pyridine rings is 1. The van der Waals surface area contributed by atoms with Crippen LogP contribution < -0.4 is 16.0 Å². The lowest BCUT2D eigenvalue weighted by Gasteiger charge is -2.44. The summed E-state index contributed by atoms with van der Waals surface area (Å²) < 4.78 is 18.2. The zero-order valence-corrected chi connectivity index (χ0v) is 27.2. The van der Waals surface area contributed by atoms with Gasteiger partial charge in [0.15, 0.2) is 11.5 Å². The fourth-order valence-corrected chi connectivity index (χ4v) is 6.97. The van der Waals surface area contributed by atoms with Crippen molar-refractivity contribution < 1.29 is 13.7 Å². The van der Waals surface area contributed by atoms with Gasteiger partial charge in [0.1, 0.15) is 11.5 Å². The van der Waals surface area contributed by atoms with Gasteiger partial charge >= 0.3 is 0 Å². The first kappa shape index (κ1) is 30.9. The van der Waals surface area contributed by atoms with Crippen LogP contribution in [0.1, 0.15) is 41.4 Å². The molecule has 2 aliphatic heterocycles. The third-order valence-corrected chi connectivity index (χ3v) is 9.91. The van der Waals surface area contributed by atoms with Crippen LogP contribution in [0.25, 0.3) is 28.2 Å². The van der Waals surface area contributed by atoms with Gasteiger partial charge in [0.2, 0.25) is 0 Å². The number of aromatic nitrogens is 6. The molecule has 0 radical (unpaired) electrons. The molecule has 244 valence electrons. The first-order valence-corrected chi connectivity index (χ1v) is 16.5. The molecule has 2 fully saturated rings. The normalized spacial score (nSPS) is 19.9. The average Bonchev–Trinajstić information content (AvgIpc) is 3.69. The van der Waals surface area contributed by atoms with Crippen LogP contribution in [-0.2, 0) is 6.42 Å². The van der Waals surface area contributed by atoms with Gasteiger partial charge in [-0.25, -0.2) is 14.4 Å². The second-order valence-corrected chi connectivity index (χ2v) is 13.4. The van der Waals surface area contributed by atoms with Gasteiger partial charge in [-0.05, 0) is 49.1 Å². The number of benzene rings is 1. The number of imidazole rings is 1. The Labute approximate surface area is 273 Å². The monoisotopic (exact) mass is 637 g/mol. The summed E-state index contributed by atoms with van der Waals surface area (Å²) in [5.74, 6) is 1.42. The minimum atomic E-state index is -0.441. The Balaban J connectivity index is 1.02. The number of hydrogen-bond acceptors (Lipinski definition) is 7. The van der Waals surface area contributed by atoms with E-state index in [1.54, 1.807) is 31.0 Å². The summed E-state index contributed by atoms with van der Waals surface area (Å²) in [6.45, 7) is 10.5. The minimum Gasteiger partial charge on any atom is -0.352 e. The molecule has 1 amide bonds. The van der Waals surface area contributed by atoms with Crippen molar-refractivity contribution in [2.24, 2.45) is 11.8 Å². The number of carbonyl (C=O) groups excluding carboxylic acids is 1.